The number of hydrogen-bond acceptors (Lipinski definition) is 5. The van der Waals surface area contributed by atoms with E-state index in [0.29, 0.717) is 18.8 Å². The van der Waals surface area contributed by atoms with Crippen molar-refractivity contribution in [3.8, 4) is 5.75 Å². The molecule has 1 atom stereocenters. The molecule has 2 heterocycles. The van der Waals surface area contributed by atoms with Gasteiger partial charge in [-0.05, 0) is 43.9 Å². The molecule has 2 amide bonds. The summed E-state index contributed by atoms with van der Waals surface area (Å²) in [7, 11) is 1.60. The number of rotatable bonds is 5. The van der Waals surface area contributed by atoms with Crippen molar-refractivity contribution in [2.75, 3.05) is 20.2 Å². The fourth-order valence-electron chi connectivity index (χ4n) is 3.17. The molecule has 7 nitrogen and oxygen atoms in total. The van der Waals surface area contributed by atoms with Crippen LogP contribution in [0.15, 0.2) is 36.7 Å². The first-order valence-corrected chi connectivity index (χ1v) is 9.15. The van der Waals surface area contributed by atoms with Gasteiger partial charge in [0, 0.05) is 25.5 Å². The van der Waals surface area contributed by atoms with Gasteiger partial charge in [0.1, 0.15) is 5.75 Å². The number of benzene rings is 1. The molecule has 1 N–H and O–H groups in total. The number of ether oxygens (including phenoxy) is 1. The third-order valence-electron chi connectivity index (χ3n) is 4.70. The molecule has 1 unspecified atom stereocenters. The van der Waals surface area contributed by atoms with Crippen molar-refractivity contribution in [3.63, 3.8) is 0 Å². The number of likely N-dealkylation sites (tertiary alicyclic amines) is 1. The Morgan fingerprint density at radius 1 is 1.11 bits per heavy atom. The van der Waals surface area contributed by atoms with Crippen molar-refractivity contribution >= 4 is 11.8 Å². The van der Waals surface area contributed by atoms with Crippen molar-refractivity contribution in [2.45, 2.75) is 32.2 Å². The van der Waals surface area contributed by atoms with Crippen LogP contribution < -0.4 is 10.1 Å². The topological polar surface area (TPSA) is 84.4 Å². The van der Waals surface area contributed by atoms with Gasteiger partial charge in [0.25, 0.3) is 11.8 Å². The van der Waals surface area contributed by atoms with Gasteiger partial charge in [0.2, 0.25) is 0 Å². The van der Waals surface area contributed by atoms with Gasteiger partial charge in [-0.25, -0.2) is 9.97 Å². The number of carbonyl (C=O) groups is 2. The molecular weight excluding hydrogens is 344 g/mol. The Bertz CT molecular complexity index is 818. The Balaban J connectivity index is 1.77. The van der Waals surface area contributed by atoms with Gasteiger partial charge in [-0.2, -0.15) is 0 Å². The summed E-state index contributed by atoms with van der Waals surface area (Å²) in [5.41, 5.74) is 1.06. The van der Waals surface area contributed by atoms with E-state index in [0.717, 1.165) is 24.8 Å². The first-order valence-electron chi connectivity index (χ1n) is 9.15. The molecule has 0 aliphatic carbocycles. The maximum absolute atomic E-state index is 12.8. The molecule has 1 fully saturated rings. The molecule has 27 heavy (non-hydrogen) atoms. The van der Waals surface area contributed by atoms with Crippen LogP contribution in [0.3, 0.4) is 0 Å². The zero-order valence-corrected chi connectivity index (χ0v) is 15.6. The number of hydrogen-bond donors (Lipinski definition) is 1. The summed E-state index contributed by atoms with van der Waals surface area (Å²) in [6.07, 6.45) is 5.94. The van der Waals surface area contributed by atoms with Crippen LogP contribution in [0.1, 0.15) is 58.8 Å². The van der Waals surface area contributed by atoms with Crippen molar-refractivity contribution in [1.82, 2.24) is 20.2 Å². The van der Waals surface area contributed by atoms with Crippen LogP contribution in [0.2, 0.25) is 0 Å². The highest BCUT2D eigenvalue weighted by molar-refractivity contribution is 6.04. The predicted molar refractivity (Wildman–Crippen MR) is 101 cm³/mol. The van der Waals surface area contributed by atoms with E-state index in [1.165, 1.54) is 12.4 Å². The lowest BCUT2D eigenvalue weighted by Crippen LogP contribution is -2.38. The van der Waals surface area contributed by atoms with Crippen LogP contribution in [0, 0.1) is 0 Å². The van der Waals surface area contributed by atoms with Gasteiger partial charge in [-0.1, -0.05) is 12.1 Å². The van der Waals surface area contributed by atoms with Crippen LogP contribution in [0.5, 0.6) is 5.75 Å². The van der Waals surface area contributed by atoms with E-state index in [-0.39, 0.29) is 23.3 Å². The second-order valence-electron chi connectivity index (χ2n) is 6.58. The van der Waals surface area contributed by atoms with Crippen molar-refractivity contribution in [2.24, 2.45) is 0 Å². The van der Waals surface area contributed by atoms with Crippen LogP contribution >= 0.6 is 0 Å². The summed E-state index contributed by atoms with van der Waals surface area (Å²) in [6, 6.07) is 7.21. The number of aromatic nitrogens is 2. The molecule has 1 aromatic carbocycles. The number of amides is 2. The maximum Gasteiger partial charge on any atom is 0.274 e. The lowest BCUT2D eigenvalue weighted by molar-refractivity contribution is 0.0710. The predicted octanol–water partition coefficient (Wildman–Crippen LogP) is 2.60. The average molecular weight is 368 g/mol. The Morgan fingerprint density at radius 3 is 2.52 bits per heavy atom. The highest BCUT2D eigenvalue weighted by Crippen LogP contribution is 2.20. The van der Waals surface area contributed by atoms with Crippen LogP contribution in [-0.2, 0) is 0 Å². The summed E-state index contributed by atoms with van der Waals surface area (Å²) in [4.78, 5) is 35.6. The number of carbonyl (C=O) groups excluding carboxylic acids is 2. The molecule has 7 heteroatoms. The fourth-order valence-corrected chi connectivity index (χ4v) is 3.17. The molecular formula is C20H24N4O3. The van der Waals surface area contributed by atoms with Gasteiger partial charge in [-0.15, -0.1) is 0 Å². The molecule has 1 aromatic heterocycles. The van der Waals surface area contributed by atoms with E-state index in [9.17, 15) is 9.59 Å². The zero-order chi connectivity index (χ0) is 19.2. The molecule has 1 saturated heterocycles. The molecule has 3 rings (SSSR count). The van der Waals surface area contributed by atoms with Crippen LogP contribution in [-0.4, -0.2) is 46.9 Å². The highest BCUT2D eigenvalue weighted by Gasteiger charge is 2.26. The molecule has 0 spiro atoms. The minimum atomic E-state index is -0.418. The quantitative estimate of drug-likeness (QED) is 0.877. The monoisotopic (exact) mass is 368 g/mol. The summed E-state index contributed by atoms with van der Waals surface area (Å²) in [5.74, 6) is 0.0647. The Hall–Kier alpha value is -2.96. The van der Waals surface area contributed by atoms with E-state index >= 15 is 0 Å². The second-order valence-corrected chi connectivity index (χ2v) is 6.58. The summed E-state index contributed by atoms with van der Waals surface area (Å²) >= 11 is 0. The minimum Gasteiger partial charge on any atom is -0.497 e. The Labute approximate surface area is 158 Å². The molecule has 1 aliphatic rings. The minimum absolute atomic E-state index is 0.0582. The van der Waals surface area contributed by atoms with Crippen molar-refractivity contribution in [1.29, 1.82) is 0 Å². The molecule has 0 saturated carbocycles. The third-order valence-corrected chi connectivity index (χ3v) is 4.70. The summed E-state index contributed by atoms with van der Waals surface area (Å²) in [5, 5.41) is 2.89. The largest absolute Gasteiger partial charge is 0.497 e. The molecule has 0 bridgehead atoms. The maximum atomic E-state index is 12.8. The van der Waals surface area contributed by atoms with Crippen molar-refractivity contribution < 1.29 is 14.3 Å². The Kier molecular flexibility index (Phi) is 6.01. The molecule has 0 radical (unpaired) electrons. The molecule has 142 valence electrons. The second kappa shape index (κ2) is 8.62. The molecule has 2 aromatic rings. The van der Waals surface area contributed by atoms with Gasteiger partial charge >= 0.3 is 0 Å². The van der Waals surface area contributed by atoms with E-state index < -0.39 is 5.91 Å². The number of nitrogens with zero attached hydrogens (tertiary/aromatic N) is 3. The lowest BCUT2D eigenvalue weighted by atomic mass is 10.1. The van der Waals surface area contributed by atoms with Gasteiger partial charge in [-0.3, -0.25) is 9.59 Å². The SMILES string of the molecule is COc1cccc(C(C)NC(=O)c2nccnc2C(=O)N2CCCCC2)c1. The van der Waals surface area contributed by atoms with E-state index in [4.69, 9.17) is 4.74 Å². The van der Waals surface area contributed by atoms with Gasteiger partial charge in [0.05, 0.1) is 13.2 Å². The molecule has 1 aliphatic heterocycles. The van der Waals surface area contributed by atoms with Crippen molar-refractivity contribution in [3.05, 3.63) is 53.6 Å². The van der Waals surface area contributed by atoms with Crippen LogP contribution in [0.4, 0.5) is 0 Å². The smallest absolute Gasteiger partial charge is 0.274 e. The van der Waals surface area contributed by atoms with E-state index in [2.05, 4.69) is 15.3 Å². The normalized spacial score (nSPS) is 15.1. The number of nitrogens with one attached hydrogen (secondary N) is 1. The fraction of sp³-hybridized carbons (Fsp3) is 0.400. The average Bonchev–Trinajstić information content (AvgIpc) is 2.73. The summed E-state index contributed by atoms with van der Waals surface area (Å²) < 4.78 is 5.23. The first kappa shape index (κ1) is 18.8. The standard InChI is InChI=1S/C20H24N4O3/c1-14(15-7-6-8-16(13-15)27-2)23-19(25)17-18(22-10-9-21-17)20(26)24-11-4-3-5-12-24/h6-10,13-14H,3-5,11-12H2,1-2H3,(H,23,25). The van der Waals surface area contributed by atoms with Crippen LogP contribution in [0.25, 0.3) is 0 Å². The van der Waals surface area contributed by atoms with E-state index in [1.54, 1.807) is 12.0 Å². The lowest BCUT2D eigenvalue weighted by Gasteiger charge is -2.26. The Morgan fingerprint density at radius 2 is 1.81 bits per heavy atom. The number of methoxy groups -OCH3 is 1. The first-order chi connectivity index (χ1) is 13.1. The zero-order valence-electron chi connectivity index (χ0n) is 15.6. The van der Waals surface area contributed by atoms with Gasteiger partial charge < -0.3 is 15.0 Å². The van der Waals surface area contributed by atoms with Gasteiger partial charge in [0.15, 0.2) is 11.4 Å². The highest BCUT2D eigenvalue weighted by atomic mass is 16.5. The summed E-state index contributed by atoms with van der Waals surface area (Å²) in [6.45, 7) is 3.25. The number of piperidine rings is 1. The third kappa shape index (κ3) is 4.42. The van der Waals surface area contributed by atoms with E-state index in [1.807, 2.05) is 31.2 Å².